The summed E-state index contributed by atoms with van der Waals surface area (Å²) in [6.45, 7) is 3.14. The van der Waals surface area contributed by atoms with Crippen molar-refractivity contribution in [3.8, 4) is 0 Å². The molecule has 0 unspecified atom stereocenters. The van der Waals surface area contributed by atoms with Crippen LogP contribution < -0.4 is 9.62 Å². The van der Waals surface area contributed by atoms with Gasteiger partial charge < -0.3 is 10.2 Å². The van der Waals surface area contributed by atoms with Gasteiger partial charge in [-0.25, -0.2) is 8.42 Å². The van der Waals surface area contributed by atoms with Crippen LogP contribution in [-0.4, -0.2) is 50.5 Å². The van der Waals surface area contributed by atoms with E-state index < -0.39 is 34.4 Å². The van der Waals surface area contributed by atoms with Gasteiger partial charge in [-0.1, -0.05) is 59.4 Å². The Morgan fingerprint density at radius 2 is 1.65 bits per heavy atom. The Balaban J connectivity index is 2.48. The van der Waals surface area contributed by atoms with Gasteiger partial charge in [-0.3, -0.25) is 13.9 Å². The largest absolute Gasteiger partial charge is 0.354 e. The second-order valence-electron chi connectivity index (χ2n) is 7.55. The van der Waals surface area contributed by atoms with Crippen LogP contribution >= 0.6 is 46.4 Å². The average Bonchev–Trinajstić information content (AvgIpc) is 2.76. The zero-order chi connectivity index (χ0) is 25.6. The number of hydrogen-bond donors (Lipinski definition) is 1. The van der Waals surface area contributed by atoms with E-state index in [0.717, 1.165) is 10.6 Å². The summed E-state index contributed by atoms with van der Waals surface area (Å²) < 4.78 is 26.0. The minimum atomic E-state index is -3.95. The average molecular weight is 569 g/mol. The molecule has 1 atom stereocenters. The van der Waals surface area contributed by atoms with Crippen LogP contribution in [0, 0.1) is 0 Å². The molecule has 2 aromatic rings. The van der Waals surface area contributed by atoms with Gasteiger partial charge >= 0.3 is 0 Å². The van der Waals surface area contributed by atoms with Crippen molar-refractivity contribution in [2.24, 2.45) is 0 Å². The highest BCUT2D eigenvalue weighted by Gasteiger charge is 2.31. The van der Waals surface area contributed by atoms with Gasteiger partial charge in [0.1, 0.15) is 12.6 Å². The van der Waals surface area contributed by atoms with Gasteiger partial charge in [-0.2, -0.15) is 0 Å². The first-order valence-corrected chi connectivity index (χ1v) is 13.7. The van der Waals surface area contributed by atoms with Crippen molar-refractivity contribution in [2.75, 3.05) is 23.7 Å². The molecule has 2 amide bonds. The van der Waals surface area contributed by atoms with Crippen molar-refractivity contribution in [1.29, 1.82) is 0 Å². The van der Waals surface area contributed by atoms with Crippen LogP contribution in [0.5, 0.6) is 0 Å². The lowest BCUT2D eigenvalue weighted by molar-refractivity contribution is -0.139. The van der Waals surface area contributed by atoms with Crippen molar-refractivity contribution in [3.63, 3.8) is 0 Å². The molecule has 7 nitrogen and oxygen atoms in total. The molecule has 1 N–H and O–H groups in total. The van der Waals surface area contributed by atoms with Crippen molar-refractivity contribution in [1.82, 2.24) is 10.2 Å². The molecule has 0 aromatic heterocycles. The van der Waals surface area contributed by atoms with Gasteiger partial charge in [0.05, 0.1) is 17.0 Å². The minimum Gasteiger partial charge on any atom is -0.354 e. The van der Waals surface area contributed by atoms with Crippen LogP contribution in [0.25, 0.3) is 0 Å². The summed E-state index contributed by atoms with van der Waals surface area (Å²) in [6, 6.07) is 8.23. The molecule has 12 heteroatoms. The van der Waals surface area contributed by atoms with Gasteiger partial charge in [0.2, 0.25) is 21.8 Å². The number of anilines is 1. The summed E-state index contributed by atoms with van der Waals surface area (Å²) in [5, 5.41) is 3.70. The first-order chi connectivity index (χ1) is 15.9. The number of halogens is 4. The first kappa shape index (κ1) is 28.5. The molecular formula is C22H25Cl4N3O4S. The van der Waals surface area contributed by atoms with Gasteiger partial charge in [0.25, 0.3) is 0 Å². The minimum absolute atomic E-state index is 0.0452. The Morgan fingerprint density at radius 3 is 2.21 bits per heavy atom. The van der Waals surface area contributed by atoms with E-state index in [-0.39, 0.29) is 22.3 Å². The van der Waals surface area contributed by atoms with Crippen LogP contribution in [0.1, 0.15) is 25.8 Å². The topological polar surface area (TPSA) is 86.8 Å². The highest BCUT2D eigenvalue weighted by atomic mass is 35.5. The Morgan fingerprint density at radius 1 is 1.03 bits per heavy atom. The third-order valence-electron chi connectivity index (χ3n) is 4.96. The number of carbonyl (C=O) groups excluding carboxylic acids is 2. The molecule has 0 aliphatic rings. The molecular weight excluding hydrogens is 544 g/mol. The van der Waals surface area contributed by atoms with E-state index in [1.54, 1.807) is 25.1 Å². The molecule has 0 spiro atoms. The molecule has 0 heterocycles. The molecule has 0 bridgehead atoms. The van der Waals surface area contributed by atoms with E-state index in [0.29, 0.717) is 28.6 Å². The Labute approximate surface area is 220 Å². The Hall–Kier alpha value is -1.71. The predicted molar refractivity (Wildman–Crippen MR) is 138 cm³/mol. The molecule has 0 aliphatic heterocycles. The lowest BCUT2D eigenvalue weighted by Crippen LogP contribution is -2.51. The van der Waals surface area contributed by atoms with Crippen molar-refractivity contribution in [3.05, 3.63) is 62.1 Å². The van der Waals surface area contributed by atoms with Crippen LogP contribution in [0.4, 0.5) is 5.69 Å². The number of nitrogens with zero attached hydrogens (tertiary/aromatic N) is 2. The molecule has 0 radical (unpaired) electrons. The SMILES string of the molecule is CCCNC(=O)[C@@H](C)N(Cc1c(Cl)cccc1Cl)C(=O)CN(c1cc(Cl)ccc1Cl)S(C)(=O)=O. The van der Waals surface area contributed by atoms with Gasteiger partial charge in [0.15, 0.2) is 0 Å². The molecule has 2 rings (SSSR count). The summed E-state index contributed by atoms with van der Waals surface area (Å²) in [5.74, 6) is -1.05. The number of nitrogens with one attached hydrogen (secondary N) is 1. The second kappa shape index (κ2) is 12.3. The smallest absolute Gasteiger partial charge is 0.244 e. The van der Waals surface area contributed by atoms with Crippen LogP contribution in [0.2, 0.25) is 20.1 Å². The lowest BCUT2D eigenvalue weighted by atomic mass is 10.1. The molecule has 0 saturated heterocycles. The first-order valence-electron chi connectivity index (χ1n) is 10.3. The zero-order valence-electron chi connectivity index (χ0n) is 18.8. The van der Waals surface area contributed by atoms with Crippen LogP contribution in [0.15, 0.2) is 36.4 Å². The Kier molecular flexibility index (Phi) is 10.3. The lowest BCUT2D eigenvalue weighted by Gasteiger charge is -2.32. The third kappa shape index (κ3) is 7.39. The maximum Gasteiger partial charge on any atom is 0.244 e. The summed E-state index contributed by atoms with van der Waals surface area (Å²) in [7, 11) is -3.95. The fourth-order valence-corrected chi connectivity index (χ4v) is 4.91. The fraction of sp³-hybridized carbons (Fsp3) is 0.364. The number of sulfonamides is 1. The summed E-state index contributed by atoms with van der Waals surface area (Å²) in [4.78, 5) is 27.4. The summed E-state index contributed by atoms with van der Waals surface area (Å²) in [5.41, 5.74) is 0.477. The molecule has 0 aliphatic carbocycles. The normalized spacial score (nSPS) is 12.2. The predicted octanol–water partition coefficient (Wildman–Crippen LogP) is 5.01. The van der Waals surface area contributed by atoms with E-state index in [2.05, 4.69) is 5.32 Å². The number of carbonyl (C=O) groups is 2. The highest BCUT2D eigenvalue weighted by molar-refractivity contribution is 7.92. The second-order valence-corrected chi connectivity index (χ2v) is 11.1. The molecule has 34 heavy (non-hydrogen) atoms. The number of amides is 2. The van der Waals surface area contributed by atoms with Crippen molar-refractivity contribution >= 4 is 73.9 Å². The van der Waals surface area contributed by atoms with Gasteiger partial charge in [-0.15, -0.1) is 0 Å². The molecule has 0 saturated carbocycles. The molecule has 0 fully saturated rings. The standard InChI is InChI=1S/C22H25Cl4N3O4S/c1-4-10-27-22(31)14(2)28(12-16-17(24)6-5-7-18(16)25)21(30)13-29(34(3,32)33)20-11-15(23)8-9-19(20)26/h5-9,11,14H,4,10,12-13H2,1-3H3,(H,27,31)/t14-/m1/s1. The Bertz CT molecular complexity index is 1140. The maximum atomic E-state index is 13.5. The quantitative estimate of drug-likeness (QED) is 0.436. The summed E-state index contributed by atoms with van der Waals surface area (Å²) in [6.07, 6.45) is 1.65. The van der Waals surface area contributed by atoms with Crippen LogP contribution in [0.3, 0.4) is 0 Å². The fourth-order valence-electron chi connectivity index (χ4n) is 3.10. The van der Waals surface area contributed by atoms with Gasteiger partial charge in [0, 0.05) is 33.7 Å². The van der Waals surface area contributed by atoms with Gasteiger partial charge in [-0.05, 0) is 43.7 Å². The number of hydrogen-bond acceptors (Lipinski definition) is 4. The summed E-state index contributed by atoms with van der Waals surface area (Å²) >= 11 is 24.8. The molecule has 186 valence electrons. The van der Waals surface area contributed by atoms with Crippen LogP contribution in [-0.2, 0) is 26.2 Å². The van der Waals surface area contributed by atoms with E-state index in [1.165, 1.54) is 23.1 Å². The highest BCUT2D eigenvalue weighted by Crippen LogP contribution is 2.31. The van der Waals surface area contributed by atoms with Crippen molar-refractivity contribution in [2.45, 2.75) is 32.9 Å². The maximum absolute atomic E-state index is 13.5. The number of rotatable bonds is 10. The van der Waals surface area contributed by atoms with E-state index in [1.807, 2.05) is 6.92 Å². The van der Waals surface area contributed by atoms with E-state index in [9.17, 15) is 18.0 Å². The van der Waals surface area contributed by atoms with E-state index in [4.69, 9.17) is 46.4 Å². The van der Waals surface area contributed by atoms with Crippen molar-refractivity contribution < 1.29 is 18.0 Å². The third-order valence-corrected chi connectivity index (χ3v) is 7.35. The monoisotopic (exact) mass is 567 g/mol. The zero-order valence-corrected chi connectivity index (χ0v) is 22.7. The molecule has 2 aromatic carbocycles. The van der Waals surface area contributed by atoms with E-state index >= 15 is 0 Å². The number of benzene rings is 2.